The van der Waals surface area contributed by atoms with E-state index in [1.165, 1.54) is 0 Å². The SMILES string of the molecule is C[C@H]1[C@H](c2ccccc2)OC(=O)[C@H]2[C@@H]3O[C@@]4(C=C3Br)[C@@H]2C(=O)N(CCCCCO)[C@@H]4C(=O)N(Cc2ccccc2)C/C=C\CCC(=O)N1C. The summed E-state index contributed by atoms with van der Waals surface area (Å²) >= 11 is 3.63. The first-order valence-corrected chi connectivity index (χ1v) is 17.9. The number of carbonyl (C=O) groups is 4. The average Bonchev–Trinajstić information content (AvgIpc) is 3.70. The highest BCUT2D eigenvalue weighted by Gasteiger charge is 2.75. The number of unbranched alkanes of at least 4 members (excludes halogenated alkanes) is 2. The molecule has 4 heterocycles. The molecule has 0 unspecified atom stereocenters. The van der Waals surface area contributed by atoms with Crippen LogP contribution in [-0.2, 0) is 35.2 Å². The third kappa shape index (κ3) is 6.72. The quantitative estimate of drug-likeness (QED) is 0.241. The summed E-state index contributed by atoms with van der Waals surface area (Å²) in [7, 11) is 1.71. The molecule has 3 amide bonds. The van der Waals surface area contributed by atoms with E-state index in [1.807, 2.05) is 85.8 Å². The van der Waals surface area contributed by atoms with Gasteiger partial charge in [-0.25, -0.2) is 0 Å². The van der Waals surface area contributed by atoms with Crippen molar-refractivity contribution < 1.29 is 33.8 Å². The zero-order valence-electron chi connectivity index (χ0n) is 27.9. The Bertz CT molecular complexity index is 1600. The number of aliphatic hydroxyl groups excluding tert-OH is 1. The minimum atomic E-state index is -1.38. The monoisotopic (exact) mass is 733 g/mol. The van der Waals surface area contributed by atoms with Crippen molar-refractivity contribution >= 4 is 39.6 Å². The summed E-state index contributed by atoms with van der Waals surface area (Å²) < 4.78 is 13.6. The molecule has 4 aliphatic heterocycles. The zero-order valence-corrected chi connectivity index (χ0v) is 29.5. The van der Waals surface area contributed by atoms with Crippen molar-refractivity contribution in [3.63, 3.8) is 0 Å². The van der Waals surface area contributed by atoms with Crippen LogP contribution in [0.4, 0.5) is 0 Å². The van der Waals surface area contributed by atoms with Crippen molar-refractivity contribution in [3.8, 4) is 0 Å². The molecule has 49 heavy (non-hydrogen) atoms. The number of ether oxygens (including phenoxy) is 2. The minimum Gasteiger partial charge on any atom is -0.455 e. The Kier molecular flexibility index (Phi) is 10.7. The number of esters is 1. The highest BCUT2D eigenvalue weighted by Crippen LogP contribution is 2.59. The van der Waals surface area contributed by atoms with E-state index in [0.29, 0.717) is 36.7 Å². The molecule has 0 saturated carbocycles. The number of allylic oxidation sites excluding steroid dienone is 1. The van der Waals surface area contributed by atoms with Gasteiger partial charge < -0.3 is 29.3 Å². The lowest BCUT2D eigenvalue weighted by atomic mass is 9.74. The van der Waals surface area contributed by atoms with Gasteiger partial charge in [0, 0.05) is 44.2 Å². The lowest BCUT2D eigenvalue weighted by Crippen LogP contribution is -2.55. The average molecular weight is 735 g/mol. The Morgan fingerprint density at radius 1 is 0.918 bits per heavy atom. The number of likely N-dealkylation sites (N-methyl/N-ethyl adjacent to an activating group) is 1. The number of likely N-dealkylation sites (tertiary alicyclic amines) is 1. The second-order valence-electron chi connectivity index (χ2n) is 13.4. The second kappa shape index (κ2) is 15.0. The molecule has 11 heteroatoms. The van der Waals surface area contributed by atoms with Crippen LogP contribution in [0.2, 0.25) is 0 Å². The molecule has 0 radical (unpaired) electrons. The molecule has 0 aromatic heterocycles. The zero-order chi connectivity index (χ0) is 34.7. The van der Waals surface area contributed by atoms with Crippen molar-refractivity contribution in [2.45, 2.75) is 75.5 Å². The Morgan fingerprint density at radius 3 is 2.35 bits per heavy atom. The van der Waals surface area contributed by atoms with Crippen molar-refractivity contribution in [2.24, 2.45) is 11.8 Å². The van der Waals surface area contributed by atoms with E-state index in [-0.39, 0.29) is 43.8 Å². The van der Waals surface area contributed by atoms with Gasteiger partial charge in [-0.3, -0.25) is 19.2 Å². The molecule has 7 atom stereocenters. The van der Waals surface area contributed by atoms with Crippen LogP contribution in [0.25, 0.3) is 0 Å². The molecule has 2 aromatic carbocycles. The third-order valence-corrected chi connectivity index (χ3v) is 11.0. The number of halogens is 1. The standard InChI is InChI=1S/C38H44BrN3O7/c1-25-32(27-17-9-4-10-18-27)48-37(47)30-31-35(45)42(21-13-6-14-22-43)34(38(31)23-28(39)33(30)49-38)36(46)41(24-26-15-7-3-8-16-26)20-12-5-11-19-29(44)40(25)2/h3-5,7-10,12,15-18,23,25,30-34,43H,6,11,13-14,19-22,24H2,1-2H3/b12-5-/t25-,30+,31-,32+,33+,34+,38-/m0/s1. The maximum absolute atomic E-state index is 14.9. The van der Waals surface area contributed by atoms with Gasteiger partial charge in [-0.05, 0) is 49.8 Å². The first-order valence-electron chi connectivity index (χ1n) is 17.1. The number of carbonyl (C=O) groups excluding carboxylic acids is 4. The van der Waals surface area contributed by atoms with Crippen LogP contribution in [0.15, 0.2) is 83.4 Å². The summed E-state index contributed by atoms with van der Waals surface area (Å²) in [5, 5.41) is 9.40. The lowest BCUT2D eigenvalue weighted by Gasteiger charge is -2.36. The molecule has 5 bridgehead atoms. The molecule has 1 N–H and O–H groups in total. The van der Waals surface area contributed by atoms with Crippen LogP contribution in [0.1, 0.15) is 56.3 Å². The smallest absolute Gasteiger partial charge is 0.313 e. The van der Waals surface area contributed by atoms with Crippen molar-refractivity contribution in [1.82, 2.24) is 14.7 Å². The van der Waals surface area contributed by atoms with Gasteiger partial charge in [0.2, 0.25) is 17.7 Å². The number of fused-ring (bicyclic) bond motifs is 2. The fraction of sp³-hybridized carbons (Fsp3) is 0.474. The van der Waals surface area contributed by atoms with Gasteiger partial charge in [-0.1, -0.05) is 88.7 Å². The van der Waals surface area contributed by atoms with Crippen LogP contribution in [0.5, 0.6) is 0 Å². The minimum absolute atomic E-state index is 0.0379. The maximum Gasteiger partial charge on any atom is 0.313 e. The van der Waals surface area contributed by atoms with E-state index in [2.05, 4.69) is 15.9 Å². The first-order chi connectivity index (χ1) is 23.7. The maximum atomic E-state index is 14.9. The number of benzene rings is 2. The van der Waals surface area contributed by atoms with Crippen LogP contribution < -0.4 is 0 Å². The summed E-state index contributed by atoms with van der Waals surface area (Å²) in [6, 6.07) is 17.4. The van der Waals surface area contributed by atoms with Gasteiger partial charge in [0.15, 0.2) is 0 Å². The molecule has 10 nitrogen and oxygen atoms in total. The van der Waals surface area contributed by atoms with Gasteiger partial charge in [0.05, 0.1) is 12.0 Å². The van der Waals surface area contributed by atoms with Gasteiger partial charge in [0.1, 0.15) is 29.8 Å². The molecule has 6 rings (SSSR count). The van der Waals surface area contributed by atoms with Gasteiger partial charge in [-0.2, -0.15) is 0 Å². The topological polar surface area (TPSA) is 117 Å². The van der Waals surface area contributed by atoms with Gasteiger partial charge in [-0.15, -0.1) is 0 Å². The van der Waals surface area contributed by atoms with Crippen molar-refractivity contribution in [3.05, 3.63) is 94.5 Å². The molecular formula is C38H44BrN3O7. The summed E-state index contributed by atoms with van der Waals surface area (Å²) in [5.41, 5.74) is 0.267. The molecule has 2 saturated heterocycles. The van der Waals surface area contributed by atoms with E-state index >= 15 is 0 Å². The number of hydrogen-bond donors (Lipinski definition) is 1. The number of cyclic esters (lactones) is 1. The van der Waals surface area contributed by atoms with E-state index in [0.717, 1.165) is 11.1 Å². The number of nitrogens with zero attached hydrogens (tertiary/aromatic N) is 3. The molecule has 260 valence electrons. The molecule has 4 aliphatic rings. The molecule has 1 spiro atoms. The van der Waals surface area contributed by atoms with Crippen molar-refractivity contribution in [2.75, 3.05) is 26.7 Å². The predicted octanol–water partition coefficient (Wildman–Crippen LogP) is 4.53. The molecule has 2 aromatic rings. The van der Waals surface area contributed by atoms with Gasteiger partial charge >= 0.3 is 5.97 Å². The van der Waals surface area contributed by atoms with Crippen LogP contribution >= 0.6 is 15.9 Å². The van der Waals surface area contributed by atoms with E-state index < -0.39 is 47.7 Å². The Hall–Kier alpha value is -3.80. The Labute approximate surface area is 295 Å². The largest absolute Gasteiger partial charge is 0.455 e. The Morgan fingerprint density at radius 2 is 1.63 bits per heavy atom. The summed E-state index contributed by atoms with van der Waals surface area (Å²) in [6.07, 6.45) is 6.55. The Balaban J connectivity index is 1.44. The summed E-state index contributed by atoms with van der Waals surface area (Å²) in [6.45, 7) is 2.72. The normalized spacial score (nSPS) is 31.2. The fourth-order valence-electron chi connectivity index (χ4n) is 7.71. The predicted molar refractivity (Wildman–Crippen MR) is 186 cm³/mol. The molecular weight excluding hydrogens is 690 g/mol. The van der Waals surface area contributed by atoms with Gasteiger partial charge in [0.25, 0.3) is 0 Å². The number of rotatable bonds is 8. The highest BCUT2D eigenvalue weighted by atomic mass is 79.9. The lowest BCUT2D eigenvalue weighted by molar-refractivity contribution is -0.164. The van der Waals surface area contributed by atoms with Crippen LogP contribution in [0.3, 0.4) is 0 Å². The summed E-state index contributed by atoms with van der Waals surface area (Å²) in [5.74, 6) is -3.31. The first kappa shape index (κ1) is 35.0. The highest BCUT2D eigenvalue weighted by molar-refractivity contribution is 9.11. The number of amides is 3. The van der Waals surface area contributed by atoms with Crippen LogP contribution in [-0.4, -0.2) is 94.0 Å². The molecule has 0 aliphatic carbocycles. The molecule has 2 fully saturated rings. The van der Waals surface area contributed by atoms with E-state index in [1.54, 1.807) is 21.7 Å². The number of hydrogen-bond acceptors (Lipinski definition) is 7. The second-order valence-corrected chi connectivity index (χ2v) is 14.3. The van der Waals surface area contributed by atoms with Crippen molar-refractivity contribution in [1.29, 1.82) is 0 Å². The fourth-order valence-corrected chi connectivity index (χ4v) is 8.45. The number of aliphatic hydroxyl groups is 1. The third-order valence-electron chi connectivity index (χ3n) is 10.3. The van der Waals surface area contributed by atoms with E-state index in [9.17, 15) is 24.3 Å². The summed E-state index contributed by atoms with van der Waals surface area (Å²) in [4.78, 5) is 62.2. The van der Waals surface area contributed by atoms with E-state index in [4.69, 9.17) is 9.47 Å². The van der Waals surface area contributed by atoms with Crippen LogP contribution in [0, 0.1) is 11.8 Å².